The summed E-state index contributed by atoms with van der Waals surface area (Å²) in [4.78, 5) is 16.4. The van der Waals surface area contributed by atoms with Crippen LogP contribution in [0.2, 0.25) is 0 Å². The Kier molecular flexibility index (Phi) is 4.34. The number of anilines is 1. The predicted octanol–water partition coefficient (Wildman–Crippen LogP) is 2.34. The van der Waals surface area contributed by atoms with E-state index in [0.717, 1.165) is 10.2 Å². The van der Waals surface area contributed by atoms with Gasteiger partial charge in [-0.25, -0.2) is 9.67 Å². The third-order valence-electron chi connectivity index (χ3n) is 2.92. The molecule has 0 saturated carbocycles. The Morgan fingerprint density at radius 2 is 2.32 bits per heavy atom. The number of thioether (sulfide) groups is 1. The number of carbonyl (C=O) groups excluding carboxylic acids is 1. The Morgan fingerprint density at radius 3 is 3.14 bits per heavy atom. The van der Waals surface area contributed by atoms with Crippen LogP contribution in [0.25, 0.3) is 10.2 Å². The fourth-order valence-electron chi connectivity index (χ4n) is 1.87. The number of nitrogens with one attached hydrogen (secondary N) is 1. The van der Waals surface area contributed by atoms with Gasteiger partial charge in [-0.1, -0.05) is 29.2 Å². The van der Waals surface area contributed by atoms with Crippen LogP contribution < -0.4 is 5.32 Å². The molecule has 9 heteroatoms. The lowest BCUT2D eigenvalue weighted by molar-refractivity contribution is -0.113. The number of amides is 1. The number of rotatable bonds is 5. The smallest absolute Gasteiger partial charge is 0.236 e. The maximum atomic E-state index is 12.0. The molecule has 2 aromatic heterocycles. The van der Waals surface area contributed by atoms with Crippen molar-refractivity contribution in [1.82, 2.24) is 25.2 Å². The van der Waals surface area contributed by atoms with Gasteiger partial charge in [0, 0.05) is 6.54 Å². The number of tetrazole rings is 1. The fraction of sp³-hybridized carbons (Fsp3) is 0.308. The first kappa shape index (κ1) is 14.9. The molecule has 1 aromatic carbocycles. The standard InChI is InChI=1S/C13H14N6OS2/c1-3-19-13(16-17-18-19)21-7-11(20)15-12-14-9-5-4-8(2)6-10(9)22-12/h4-6H,3,7H2,1-2H3,(H,14,15,20). The van der Waals surface area contributed by atoms with Gasteiger partial charge in [0.05, 0.1) is 16.0 Å². The second-order valence-electron chi connectivity index (χ2n) is 4.60. The molecule has 1 amide bonds. The van der Waals surface area contributed by atoms with Crippen molar-refractivity contribution in [3.05, 3.63) is 23.8 Å². The summed E-state index contributed by atoms with van der Waals surface area (Å²) in [6, 6.07) is 6.03. The monoisotopic (exact) mass is 334 g/mol. The summed E-state index contributed by atoms with van der Waals surface area (Å²) in [5.41, 5.74) is 2.07. The van der Waals surface area contributed by atoms with Gasteiger partial charge in [-0.3, -0.25) is 4.79 Å². The van der Waals surface area contributed by atoms with Crippen molar-refractivity contribution in [3.8, 4) is 0 Å². The molecule has 0 atom stereocenters. The quantitative estimate of drug-likeness (QED) is 0.721. The van der Waals surface area contributed by atoms with E-state index < -0.39 is 0 Å². The Labute approximate surface area is 135 Å². The maximum Gasteiger partial charge on any atom is 0.236 e. The van der Waals surface area contributed by atoms with E-state index >= 15 is 0 Å². The molecule has 0 bridgehead atoms. The van der Waals surface area contributed by atoms with Crippen molar-refractivity contribution in [2.45, 2.75) is 25.5 Å². The summed E-state index contributed by atoms with van der Waals surface area (Å²) < 4.78 is 2.72. The number of fused-ring (bicyclic) bond motifs is 1. The first-order valence-corrected chi connectivity index (χ1v) is 8.52. The molecule has 0 aliphatic carbocycles. The van der Waals surface area contributed by atoms with Crippen molar-refractivity contribution >= 4 is 44.4 Å². The molecule has 0 spiro atoms. The van der Waals surface area contributed by atoms with E-state index in [1.807, 2.05) is 26.0 Å². The van der Waals surface area contributed by atoms with Gasteiger partial charge in [-0.2, -0.15) is 0 Å². The molecule has 0 unspecified atom stereocenters. The molecule has 0 aliphatic heterocycles. The van der Waals surface area contributed by atoms with Gasteiger partial charge >= 0.3 is 0 Å². The average molecular weight is 334 g/mol. The summed E-state index contributed by atoms with van der Waals surface area (Å²) in [6.45, 7) is 4.66. The molecule has 3 aromatic rings. The Hall–Kier alpha value is -2.00. The zero-order valence-electron chi connectivity index (χ0n) is 12.1. The summed E-state index contributed by atoms with van der Waals surface area (Å²) in [5, 5.41) is 15.4. The minimum Gasteiger partial charge on any atom is -0.301 e. The second-order valence-corrected chi connectivity index (χ2v) is 6.58. The molecule has 0 aliphatic rings. The van der Waals surface area contributed by atoms with Crippen molar-refractivity contribution in [2.24, 2.45) is 0 Å². The van der Waals surface area contributed by atoms with E-state index in [2.05, 4.69) is 31.9 Å². The lowest BCUT2D eigenvalue weighted by atomic mass is 10.2. The van der Waals surface area contributed by atoms with Crippen LogP contribution in [0.4, 0.5) is 5.13 Å². The van der Waals surface area contributed by atoms with E-state index in [4.69, 9.17) is 0 Å². The summed E-state index contributed by atoms with van der Waals surface area (Å²) in [5.74, 6) is 0.126. The van der Waals surface area contributed by atoms with Gasteiger partial charge in [0.15, 0.2) is 5.13 Å². The Balaban J connectivity index is 1.63. The molecule has 3 rings (SSSR count). The second kappa shape index (κ2) is 6.41. The highest BCUT2D eigenvalue weighted by Gasteiger charge is 2.11. The lowest BCUT2D eigenvalue weighted by Gasteiger charge is -2.01. The molecule has 0 radical (unpaired) electrons. The maximum absolute atomic E-state index is 12.0. The molecule has 0 saturated heterocycles. The third kappa shape index (κ3) is 3.25. The molecule has 0 fully saturated rings. The van der Waals surface area contributed by atoms with Crippen LogP contribution in [0.5, 0.6) is 0 Å². The highest BCUT2D eigenvalue weighted by atomic mass is 32.2. The van der Waals surface area contributed by atoms with Gasteiger partial charge in [0.2, 0.25) is 11.1 Å². The van der Waals surface area contributed by atoms with Crippen LogP contribution in [0.15, 0.2) is 23.4 Å². The predicted molar refractivity (Wildman–Crippen MR) is 87.2 cm³/mol. The van der Waals surface area contributed by atoms with Crippen LogP contribution >= 0.6 is 23.1 Å². The summed E-state index contributed by atoms with van der Waals surface area (Å²) >= 11 is 2.78. The Morgan fingerprint density at radius 1 is 1.45 bits per heavy atom. The van der Waals surface area contributed by atoms with Crippen LogP contribution in [-0.4, -0.2) is 36.9 Å². The number of carbonyl (C=O) groups is 1. The zero-order chi connectivity index (χ0) is 15.5. The van der Waals surface area contributed by atoms with Crippen molar-refractivity contribution in [3.63, 3.8) is 0 Å². The fourth-order valence-corrected chi connectivity index (χ4v) is 3.59. The molecule has 1 N–H and O–H groups in total. The first-order chi connectivity index (χ1) is 10.7. The third-order valence-corrected chi connectivity index (χ3v) is 4.81. The number of benzene rings is 1. The van der Waals surface area contributed by atoms with E-state index in [1.54, 1.807) is 4.68 Å². The highest BCUT2D eigenvalue weighted by molar-refractivity contribution is 7.99. The Bertz CT molecular complexity index is 812. The highest BCUT2D eigenvalue weighted by Crippen LogP contribution is 2.26. The van der Waals surface area contributed by atoms with Crippen LogP contribution in [0.1, 0.15) is 12.5 Å². The number of hydrogen-bond acceptors (Lipinski definition) is 7. The van der Waals surface area contributed by atoms with Crippen LogP contribution in [0.3, 0.4) is 0 Å². The number of aryl methyl sites for hydroxylation is 2. The molecule has 2 heterocycles. The largest absolute Gasteiger partial charge is 0.301 e. The summed E-state index contributed by atoms with van der Waals surface area (Å²) in [7, 11) is 0. The SMILES string of the molecule is CCn1nnnc1SCC(=O)Nc1nc2ccc(C)cc2s1. The lowest BCUT2D eigenvalue weighted by Crippen LogP contribution is -2.14. The van der Waals surface area contributed by atoms with Gasteiger partial charge in [0.25, 0.3) is 0 Å². The van der Waals surface area contributed by atoms with Crippen molar-refractivity contribution in [1.29, 1.82) is 0 Å². The molecular weight excluding hydrogens is 320 g/mol. The molecule has 114 valence electrons. The minimum absolute atomic E-state index is 0.119. The van der Waals surface area contributed by atoms with Gasteiger partial charge < -0.3 is 5.32 Å². The van der Waals surface area contributed by atoms with E-state index in [9.17, 15) is 4.79 Å². The van der Waals surface area contributed by atoms with Crippen molar-refractivity contribution < 1.29 is 4.79 Å². The number of nitrogens with zero attached hydrogens (tertiary/aromatic N) is 5. The zero-order valence-corrected chi connectivity index (χ0v) is 13.7. The van der Waals surface area contributed by atoms with Crippen molar-refractivity contribution in [2.75, 3.05) is 11.1 Å². The molecule has 7 nitrogen and oxygen atoms in total. The first-order valence-electron chi connectivity index (χ1n) is 6.71. The normalized spacial score (nSPS) is 11.0. The average Bonchev–Trinajstić information content (AvgIpc) is 3.10. The van der Waals surface area contributed by atoms with Gasteiger partial charge in [0.1, 0.15) is 0 Å². The summed E-state index contributed by atoms with van der Waals surface area (Å²) in [6.07, 6.45) is 0. The van der Waals surface area contributed by atoms with E-state index in [-0.39, 0.29) is 11.7 Å². The number of hydrogen-bond donors (Lipinski definition) is 1. The van der Waals surface area contributed by atoms with Crippen LogP contribution in [0, 0.1) is 6.92 Å². The van der Waals surface area contributed by atoms with Gasteiger partial charge in [-0.15, -0.1) is 5.10 Å². The molecule has 22 heavy (non-hydrogen) atoms. The topological polar surface area (TPSA) is 85.6 Å². The van der Waals surface area contributed by atoms with E-state index in [0.29, 0.717) is 16.8 Å². The molecular formula is C13H14N6OS2. The van der Waals surface area contributed by atoms with E-state index in [1.165, 1.54) is 28.7 Å². The number of aromatic nitrogens is 5. The minimum atomic E-state index is -0.119. The number of thiazole rings is 1. The van der Waals surface area contributed by atoms with Gasteiger partial charge in [-0.05, 0) is 42.0 Å². The van der Waals surface area contributed by atoms with Crippen LogP contribution in [-0.2, 0) is 11.3 Å².